The van der Waals surface area contributed by atoms with E-state index in [2.05, 4.69) is 0 Å². The van der Waals surface area contributed by atoms with Gasteiger partial charge in [-0.05, 0) is 25.0 Å². The van der Waals surface area contributed by atoms with E-state index in [0.29, 0.717) is 41.2 Å². The molecule has 0 fully saturated rings. The fourth-order valence-corrected chi connectivity index (χ4v) is 2.06. The topological polar surface area (TPSA) is 64.8 Å². The lowest BCUT2D eigenvalue weighted by molar-refractivity contribution is 0.0748. The van der Waals surface area contributed by atoms with Crippen LogP contribution in [0.1, 0.15) is 31.1 Å². The number of amides is 1. The Morgan fingerprint density at radius 1 is 1.36 bits per heavy atom. The fourth-order valence-electron chi connectivity index (χ4n) is 1.80. The van der Waals surface area contributed by atoms with Crippen LogP contribution in [0.5, 0.6) is 11.5 Å². The van der Waals surface area contributed by atoms with Crippen molar-refractivity contribution in [2.45, 2.75) is 26.8 Å². The number of hydrogen-bond acceptors (Lipinski definition) is 4. The molecule has 0 spiro atoms. The second-order valence-corrected chi connectivity index (χ2v) is 6.10. The molecule has 1 atom stereocenters. The molecule has 0 bridgehead atoms. The van der Waals surface area contributed by atoms with E-state index in [1.54, 1.807) is 24.1 Å². The highest BCUT2D eigenvalue weighted by molar-refractivity contribution is 6.32. The third kappa shape index (κ3) is 4.52. The van der Waals surface area contributed by atoms with E-state index in [-0.39, 0.29) is 11.9 Å². The van der Waals surface area contributed by atoms with Crippen LogP contribution in [0, 0.1) is 5.92 Å². The number of rotatable bonds is 7. The van der Waals surface area contributed by atoms with Gasteiger partial charge in [-0.1, -0.05) is 25.4 Å². The summed E-state index contributed by atoms with van der Waals surface area (Å²) in [6.45, 7) is 6.88. The molecule has 1 amide bonds. The Hall–Kier alpha value is -1.46. The molecular weight excluding hydrogens is 304 g/mol. The summed E-state index contributed by atoms with van der Waals surface area (Å²) >= 11 is 6.26. The molecule has 0 aliphatic rings. The predicted octanol–water partition coefficient (Wildman–Crippen LogP) is 2.80. The third-order valence-electron chi connectivity index (χ3n) is 3.36. The van der Waals surface area contributed by atoms with Crippen LogP contribution in [0.4, 0.5) is 0 Å². The van der Waals surface area contributed by atoms with Crippen molar-refractivity contribution in [3.05, 3.63) is 22.7 Å². The molecule has 0 aliphatic carbocycles. The maximum Gasteiger partial charge on any atom is 0.254 e. The summed E-state index contributed by atoms with van der Waals surface area (Å²) in [5.41, 5.74) is 6.05. The van der Waals surface area contributed by atoms with E-state index in [0.717, 1.165) is 0 Å². The van der Waals surface area contributed by atoms with E-state index < -0.39 is 0 Å². The van der Waals surface area contributed by atoms with Gasteiger partial charge in [0.1, 0.15) is 0 Å². The van der Waals surface area contributed by atoms with E-state index in [1.165, 1.54) is 7.11 Å². The Kier molecular flexibility index (Phi) is 6.97. The van der Waals surface area contributed by atoms with Gasteiger partial charge in [-0.3, -0.25) is 4.79 Å². The highest BCUT2D eigenvalue weighted by atomic mass is 35.5. The molecule has 0 saturated carbocycles. The van der Waals surface area contributed by atoms with E-state index in [4.69, 9.17) is 26.8 Å². The smallest absolute Gasteiger partial charge is 0.254 e. The van der Waals surface area contributed by atoms with Crippen molar-refractivity contribution in [1.29, 1.82) is 0 Å². The second kappa shape index (κ2) is 8.25. The lowest BCUT2D eigenvalue weighted by Crippen LogP contribution is -2.39. The summed E-state index contributed by atoms with van der Waals surface area (Å²) in [5, 5.41) is 0.358. The number of hydrogen-bond donors (Lipinski definition) is 1. The van der Waals surface area contributed by atoms with Crippen LogP contribution in [0.2, 0.25) is 5.02 Å². The second-order valence-electron chi connectivity index (χ2n) is 5.70. The van der Waals surface area contributed by atoms with Gasteiger partial charge >= 0.3 is 0 Å². The zero-order valence-corrected chi connectivity index (χ0v) is 14.6. The first kappa shape index (κ1) is 18.6. The number of ether oxygens (including phenoxy) is 2. The largest absolute Gasteiger partial charge is 0.493 e. The molecule has 0 aliphatic heterocycles. The number of carbonyl (C=O) groups is 1. The lowest BCUT2D eigenvalue weighted by atomic mass is 10.1. The SMILES string of the molecule is COc1cc(C(=O)N(C)C(C)CN)cc(Cl)c1OCC(C)C. The van der Waals surface area contributed by atoms with Gasteiger partial charge in [-0.25, -0.2) is 0 Å². The maximum atomic E-state index is 12.5. The van der Waals surface area contributed by atoms with Gasteiger partial charge in [0.2, 0.25) is 0 Å². The summed E-state index contributed by atoms with van der Waals surface area (Å²) in [6, 6.07) is 3.18. The molecule has 1 unspecified atom stereocenters. The molecule has 2 N–H and O–H groups in total. The Balaban J connectivity index is 3.09. The number of carbonyl (C=O) groups excluding carboxylic acids is 1. The van der Waals surface area contributed by atoms with Gasteiger partial charge in [0, 0.05) is 25.2 Å². The summed E-state index contributed by atoms with van der Waals surface area (Å²) in [6.07, 6.45) is 0. The van der Waals surface area contributed by atoms with E-state index >= 15 is 0 Å². The minimum Gasteiger partial charge on any atom is -0.493 e. The first-order valence-corrected chi connectivity index (χ1v) is 7.67. The summed E-state index contributed by atoms with van der Waals surface area (Å²) in [7, 11) is 3.23. The molecule has 0 radical (unpaired) electrons. The Bertz CT molecular complexity index is 520. The standard InChI is InChI=1S/C16H25ClN2O3/c1-10(2)9-22-15-13(17)6-12(7-14(15)21-5)16(20)19(4)11(3)8-18/h6-7,10-11H,8-9,18H2,1-5H3. The zero-order valence-electron chi connectivity index (χ0n) is 13.9. The molecule has 1 rings (SSSR count). The van der Waals surface area contributed by atoms with Crippen LogP contribution in [-0.4, -0.2) is 44.2 Å². The molecule has 0 saturated heterocycles. The summed E-state index contributed by atoms with van der Waals surface area (Å²) < 4.78 is 11.0. The summed E-state index contributed by atoms with van der Waals surface area (Å²) in [5.74, 6) is 1.11. The zero-order chi connectivity index (χ0) is 16.9. The number of benzene rings is 1. The number of halogens is 1. The highest BCUT2D eigenvalue weighted by Crippen LogP contribution is 2.37. The van der Waals surface area contributed by atoms with Crippen molar-refractivity contribution < 1.29 is 14.3 Å². The van der Waals surface area contributed by atoms with Crippen molar-refractivity contribution in [3.63, 3.8) is 0 Å². The lowest BCUT2D eigenvalue weighted by Gasteiger charge is -2.24. The van der Waals surface area contributed by atoms with Crippen LogP contribution < -0.4 is 15.2 Å². The van der Waals surface area contributed by atoms with Crippen LogP contribution in [0.25, 0.3) is 0 Å². The molecule has 5 nitrogen and oxygen atoms in total. The van der Waals surface area contributed by atoms with Crippen molar-refractivity contribution in [1.82, 2.24) is 4.90 Å². The van der Waals surface area contributed by atoms with Crippen molar-refractivity contribution in [2.75, 3.05) is 27.3 Å². The Morgan fingerprint density at radius 2 is 2.00 bits per heavy atom. The molecule has 0 aromatic heterocycles. The first-order chi connectivity index (χ1) is 10.3. The molecule has 0 heterocycles. The predicted molar refractivity (Wildman–Crippen MR) is 88.9 cm³/mol. The Morgan fingerprint density at radius 3 is 2.50 bits per heavy atom. The van der Waals surface area contributed by atoms with Crippen molar-refractivity contribution in [3.8, 4) is 11.5 Å². The molecular formula is C16H25ClN2O3. The average Bonchev–Trinajstić information content (AvgIpc) is 2.50. The van der Waals surface area contributed by atoms with Gasteiger partial charge in [-0.2, -0.15) is 0 Å². The van der Waals surface area contributed by atoms with Gasteiger partial charge in [0.15, 0.2) is 11.5 Å². The normalized spacial score (nSPS) is 12.2. The first-order valence-electron chi connectivity index (χ1n) is 7.29. The van der Waals surface area contributed by atoms with Crippen LogP contribution in [-0.2, 0) is 0 Å². The quantitative estimate of drug-likeness (QED) is 0.836. The molecule has 1 aromatic carbocycles. The number of likely N-dealkylation sites (N-methyl/N-ethyl adjacent to an activating group) is 1. The Labute approximate surface area is 137 Å². The molecule has 124 valence electrons. The average molecular weight is 329 g/mol. The molecule has 22 heavy (non-hydrogen) atoms. The molecule has 6 heteroatoms. The summed E-state index contributed by atoms with van der Waals surface area (Å²) in [4.78, 5) is 14.0. The fraction of sp³-hybridized carbons (Fsp3) is 0.562. The van der Waals surface area contributed by atoms with Gasteiger partial charge < -0.3 is 20.1 Å². The van der Waals surface area contributed by atoms with E-state index in [1.807, 2.05) is 20.8 Å². The number of nitrogens with two attached hydrogens (primary N) is 1. The highest BCUT2D eigenvalue weighted by Gasteiger charge is 2.20. The van der Waals surface area contributed by atoms with E-state index in [9.17, 15) is 4.79 Å². The minimum absolute atomic E-state index is 0.0610. The van der Waals surface area contributed by atoms with Crippen molar-refractivity contribution >= 4 is 17.5 Å². The monoisotopic (exact) mass is 328 g/mol. The van der Waals surface area contributed by atoms with Crippen LogP contribution in [0.15, 0.2) is 12.1 Å². The van der Waals surface area contributed by atoms with Crippen LogP contribution in [0.3, 0.4) is 0 Å². The maximum absolute atomic E-state index is 12.5. The van der Waals surface area contributed by atoms with Crippen molar-refractivity contribution in [2.24, 2.45) is 11.7 Å². The van der Waals surface area contributed by atoms with Gasteiger partial charge in [0.25, 0.3) is 5.91 Å². The third-order valence-corrected chi connectivity index (χ3v) is 3.64. The van der Waals surface area contributed by atoms with Gasteiger partial charge in [-0.15, -0.1) is 0 Å². The van der Waals surface area contributed by atoms with Gasteiger partial charge in [0.05, 0.1) is 18.7 Å². The minimum atomic E-state index is -0.159. The number of methoxy groups -OCH3 is 1. The molecule has 1 aromatic rings. The number of nitrogens with zero attached hydrogens (tertiary/aromatic N) is 1. The van der Waals surface area contributed by atoms with Crippen LogP contribution >= 0.6 is 11.6 Å².